The molecule has 198 valence electrons. The minimum absolute atomic E-state index is 0.0402. The van der Waals surface area contributed by atoms with E-state index < -0.39 is 0 Å². The van der Waals surface area contributed by atoms with E-state index in [1.54, 1.807) is 41.9 Å². The molecule has 0 unspecified atom stereocenters. The fourth-order valence-corrected chi connectivity index (χ4v) is 3.99. The molecule has 0 spiro atoms. The van der Waals surface area contributed by atoms with Gasteiger partial charge in [-0.15, -0.1) is 0 Å². The highest BCUT2D eigenvalue weighted by molar-refractivity contribution is 6.30. The number of nitrogens with zero attached hydrogens (tertiary/aromatic N) is 3. The maximum atomic E-state index is 13.2. The Hall–Kier alpha value is -3.52. The van der Waals surface area contributed by atoms with Crippen molar-refractivity contribution < 1.29 is 19.1 Å². The predicted octanol–water partition coefficient (Wildman–Crippen LogP) is 5.68. The Labute approximate surface area is 223 Å². The Morgan fingerprint density at radius 1 is 1.00 bits per heavy atom. The van der Waals surface area contributed by atoms with Crippen LogP contribution < -0.4 is 14.8 Å². The summed E-state index contributed by atoms with van der Waals surface area (Å²) >= 11 is 6.07. The molecular weight excluding hydrogens is 492 g/mol. The van der Waals surface area contributed by atoms with Crippen LogP contribution in [0.15, 0.2) is 48.7 Å². The van der Waals surface area contributed by atoms with Crippen molar-refractivity contribution in [1.29, 1.82) is 0 Å². The van der Waals surface area contributed by atoms with Gasteiger partial charge in [-0.1, -0.05) is 51.4 Å². The van der Waals surface area contributed by atoms with E-state index in [-0.39, 0.29) is 30.2 Å². The van der Waals surface area contributed by atoms with E-state index in [0.717, 1.165) is 5.56 Å². The van der Waals surface area contributed by atoms with Crippen LogP contribution in [0.4, 0.5) is 5.95 Å². The van der Waals surface area contributed by atoms with Crippen LogP contribution in [0.25, 0.3) is 16.9 Å². The number of rotatable bonds is 11. The fourth-order valence-electron chi connectivity index (χ4n) is 3.87. The summed E-state index contributed by atoms with van der Waals surface area (Å²) in [5, 5.41) is 3.53. The number of carbonyl (C=O) groups excluding carboxylic acids is 2. The summed E-state index contributed by atoms with van der Waals surface area (Å²) in [5.41, 5.74) is 2.17. The zero-order valence-electron chi connectivity index (χ0n) is 22.2. The molecule has 0 radical (unpaired) electrons. The lowest BCUT2D eigenvalue weighted by Gasteiger charge is -2.25. The number of nitrogens with one attached hydrogen (secondary N) is 1. The highest BCUT2D eigenvalue weighted by Crippen LogP contribution is 2.30. The molecule has 1 N–H and O–H groups in total. The highest BCUT2D eigenvalue weighted by atomic mass is 35.5. The van der Waals surface area contributed by atoms with Gasteiger partial charge < -0.3 is 14.4 Å². The smallest absolute Gasteiger partial charge is 0.246 e. The molecule has 3 aromatic rings. The summed E-state index contributed by atoms with van der Waals surface area (Å²) < 4.78 is 12.6. The van der Waals surface area contributed by atoms with Crippen molar-refractivity contribution >= 4 is 29.4 Å². The standard InChI is InChI=1S/C28H35ClN4O4/c1-18(2)11-27(35)32(15-19(3)4)17-26(34)31-28-30-25(20-7-9-21(29)10-8-20)16-33(28)22-12-23(36-5)14-24(13-22)37-6/h7-10,12-14,16,18-19H,11,15,17H2,1-6H3,(H,30,31,34). The van der Waals surface area contributed by atoms with Crippen molar-refractivity contribution in [2.45, 2.75) is 34.1 Å². The van der Waals surface area contributed by atoms with Crippen LogP contribution in [-0.4, -0.2) is 53.6 Å². The van der Waals surface area contributed by atoms with Crippen molar-refractivity contribution in [2.24, 2.45) is 11.8 Å². The number of hydrogen-bond donors (Lipinski definition) is 1. The Morgan fingerprint density at radius 3 is 2.16 bits per heavy atom. The molecule has 0 atom stereocenters. The molecule has 0 saturated heterocycles. The number of aromatic nitrogens is 2. The maximum absolute atomic E-state index is 13.2. The van der Waals surface area contributed by atoms with E-state index in [1.165, 1.54) is 0 Å². The number of benzene rings is 2. The Bertz CT molecular complexity index is 1200. The molecule has 2 amide bonds. The van der Waals surface area contributed by atoms with Crippen LogP contribution >= 0.6 is 11.6 Å². The maximum Gasteiger partial charge on any atom is 0.246 e. The van der Waals surface area contributed by atoms with Crippen molar-refractivity contribution in [3.8, 4) is 28.4 Å². The van der Waals surface area contributed by atoms with Crippen LogP contribution in [0.5, 0.6) is 11.5 Å². The number of halogens is 1. The summed E-state index contributed by atoms with van der Waals surface area (Å²) in [6, 6.07) is 12.7. The number of anilines is 1. The molecule has 0 saturated carbocycles. The van der Waals surface area contributed by atoms with Crippen molar-refractivity contribution in [2.75, 3.05) is 32.6 Å². The number of hydrogen-bond acceptors (Lipinski definition) is 5. The molecule has 0 fully saturated rings. The second-order valence-corrected chi connectivity index (χ2v) is 10.1. The first kappa shape index (κ1) is 28.1. The van der Waals surface area contributed by atoms with Gasteiger partial charge in [0.05, 0.1) is 32.1 Å². The first-order valence-corrected chi connectivity index (χ1v) is 12.6. The van der Waals surface area contributed by atoms with Gasteiger partial charge in [-0.2, -0.15) is 0 Å². The summed E-state index contributed by atoms with van der Waals surface area (Å²) in [4.78, 5) is 32.3. The summed E-state index contributed by atoms with van der Waals surface area (Å²) in [5.74, 6) is 1.56. The van der Waals surface area contributed by atoms with Gasteiger partial charge >= 0.3 is 0 Å². The van der Waals surface area contributed by atoms with E-state index in [0.29, 0.717) is 46.8 Å². The van der Waals surface area contributed by atoms with Crippen LogP contribution in [0.1, 0.15) is 34.1 Å². The van der Waals surface area contributed by atoms with Gasteiger partial charge in [-0.25, -0.2) is 4.98 Å². The molecule has 0 bridgehead atoms. The van der Waals surface area contributed by atoms with Gasteiger partial charge in [0.2, 0.25) is 17.8 Å². The van der Waals surface area contributed by atoms with E-state index in [2.05, 4.69) is 5.32 Å². The Balaban J connectivity index is 1.97. The minimum Gasteiger partial charge on any atom is -0.497 e. The highest BCUT2D eigenvalue weighted by Gasteiger charge is 2.21. The molecule has 3 rings (SSSR count). The minimum atomic E-state index is -0.331. The first-order chi connectivity index (χ1) is 17.6. The van der Waals surface area contributed by atoms with Gasteiger partial charge in [-0.3, -0.25) is 19.5 Å². The van der Waals surface area contributed by atoms with Crippen LogP contribution in [0, 0.1) is 11.8 Å². The van der Waals surface area contributed by atoms with Gasteiger partial charge in [-0.05, 0) is 24.0 Å². The average molecular weight is 527 g/mol. The van der Waals surface area contributed by atoms with Gasteiger partial charge in [0.25, 0.3) is 0 Å². The fraction of sp³-hybridized carbons (Fsp3) is 0.393. The van der Waals surface area contributed by atoms with Crippen molar-refractivity contribution in [1.82, 2.24) is 14.5 Å². The summed E-state index contributed by atoms with van der Waals surface area (Å²) in [6.07, 6.45) is 2.21. The van der Waals surface area contributed by atoms with Crippen LogP contribution in [-0.2, 0) is 9.59 Å². The number of carbonyl (C=O) groups is 2. The molecule has 1 heterocycles. The predicted molar refractivity (Wildman–Crippen MR) is 147 cm³/mol. The van der Waals surface area contributed by atoms with Gasteiger partial charge in [0, 0.05) is 47.9 Å². The molecule has 9 heteroatoms. The molecule has 8 nitrogen and oxygen atoms in total. The van der Waals surface area contributed by atoms with Gasteiger partial charge in [0.1, 0.15) is 11.5 Å². The number of amides is 2. The lowest BCUT2D eigenvalue weighted by Crippen LogP contribution is -2.40. The Morgan fingerprint density at radius 2 is 1.62 bits per heavy atom. The zero-order valence-corrected chi connectivity index (χ0v) is 23.0. The third-order valence-corrected chi connectivity index (χ3v) is 5.82. The monoisotopic (exact) mass is 526 g/mol. The molecule has 37 heavy (non-hydrogen) atoms. The number of ether oxygens (including phenoxy) is 2. The number of imidazole rings is 1. The first-order valence-electron chi connectivity index (χ1n) is 12.3. The summed E-state index contributed by atoms with van der Waals surface area (Å²) in [6.45, 7) is 8.46. The second kappa shape index (κ2) is 12.6. The number of methoxy groups -OCH3 is 2. The average Bonchev–Trinajstić information content (AvgIpc) is 3.26. The lowest BCUT2D eigenvalue weighted by molar-refractivity contribution is -0.135. The molecule has 0 aliphatic carbocycles. The largest absolute Gasteiger partial charge is 0.497 e. The van der Waals surface area contributed by atoms with E-state index in [9.17, 15) is 9.59 Å². The summed E-state index contributed by atoms with van der Waals surface area (Å²) in [7, 11) is 3.15. The van der Waals surface area contributed by atoms with E-state index in [4.69, 9.17) is 26.1 Å². The molecule has 2 aromatic carbocycles. The molecule has 1 aromatic heterocycles. The molecule has 0 aliphatic rings. The quantitative estimate of drug-likeness (QED) is 0.347. The SMILES string of the molecule is COc1cc(OC)cc(-n2cc(-c3ccc(Cl)cc3)nc2NC(=O)CN(CC(C)C)C(=O)CC(C)C)c1. The van der Waals surface area contributed by atoms with Crippen LogP contribution in [0.3, 0.4) is 0 Å². The van der Waals surface area contributed by atoms with Crippen molar-refractivity contribution in [3.05, 3.63) is 53.7 Å². The van der Waals surface area contributed by atoms with Gasteiger partial charge in [0.15, 0.2) is 0 Å². The third kappa shape index (κ3) is 7.73. The zero-order chi connectivity index (χ0) is 27.1. The lowest BCUT2D eigenvalue weighted by atomic mass is 10.1. The third-order valence-electron chi connectivity index (χ3n) is 5.57. The van der Waals surface area contributed by atoms with E-state index >= 15 is 0 Å². The second-order valence-electron chi connectivity index (χ2n) is 9.71. The molecule has 0 aliphatic heterocycles. The van der Waals surface area contributed by atoms with E-state index in [1.807, 2.05) is 58.2 Å². The van der Waals surface area contributed by atoms with Crippen LogP contribution in [0.2, 0.25) is 5.02 Å². The molecular formula is C28H35ClN4O4. The topological polar surface area (TPSA) is 85.7 Å². The Kier molecular flexibility index (Phi) is 9.58. The normalized spacial score (nSPS) is 11.1. The van der Waals surface area contributed by atoms with Crippen molar-refractivity contribution in [3.63, 3.8) is 0 Å².